The predicted molar refractivity (Wildman–Crippen MR) is 103 cm³/mol. The molecule has 0 spiro atoms. The van der Waals surface area contributed by atoms with E-state index in [-0.39, 0.29) is 47.6 Å². The fourth-order valence-corrected chi connectivity index (χ4v) is 5.23. The molecule has 1 aliphatic heterocycles. The van der Waals surface area contributed by atoms with Gasteiger partial charge < -0.3 is 9.47 Å². The second-order valence-corrected chi connectivity index (χ2v) is 9.38. The molecule has 1 unspecified atom stereocenters. The van der Waals surface area contributed by atoms with Crippen molar-refractivity contribution in [2.75, 3.05) is 25.4 Å². The van der Waals surface area contributed by atoms with Crippen LogP contribution in [0.2, 0.25) is 0 Å². The van der Waals surface area contributed by atoms with Crippen LogP contribution in [0.3, 0.4) is 0 Å². The molecule has 2 aromatic rings. The minimum Gasteiger partial charge on any atom is -0.467 e. The lowest BCUT2D eigenvalue weighted by Gasteiger charge is -2.22. The summed E-state index contributed by atoms with van der Waals surface area (Å²) < 4.78 is 74.3. The first-order valence-corrected chi connectivity index (χ1v) is 11.0. The SMILES string of the molecule is COCOc1cc(C(F)(F)F)ccc1-c1cncn(CC2CCCS(=O)(=O)C2)c1=O. The van der Waals surface area contributed by atoms with Gasteiger partial charge in [-0.05, 0) is 37.0 Å². The highest BCUT2D eigenvalue weighted by molar-refractivity contribution is 7.91. The van der Waals surface area contributed by atoms with Gasteiger partial charge >= 0.3 is 6.18 Å². The first-order chi connectivity index (χ1) is 14.1. The van der Waals surface area contributed by atoms with Crippen LogP contribution in [-0.2, 0) is 27.3 Å². The molecule has 7 nitrogen and oxygen atoms in total. The number of benzene rings is 1. The number of hydrogen-bond donors (Lipinski definition) is 0. The molecule has 1 saturated heterocycles. The maximum Gasteiger partial charge on any atom is 0.416 e. The van der Waals surface area contributed by atoms with E-state index in [0.29, 0.717) is 12.8 Å². The molecule has 1 atom stereocenters. The first-order valence-electron chi connectivity index (χ1n) is 9.19. The Morgan fingerprint density at radius 3 is 2.70 bits per heavy atom. The molecule has 164 valence electrons. The smallest absolute Gasteiger partial charge is 0.416 e. The Kier molecular flexibility index (Phi) is 6.51. The van der Waals surface area contributed by atoms with Crippen molar-refractivity contribution in [2.24, 2.45) is 5.92 Å². The van der Waals surface area contributed by atoms with E-state index >= 15 is 0 Å². The van der Waals surface area contributed by atoms with Gasteiger partial charge in [-0.2, -0.15) is 13.2 Å². The Morgan fingerprint density at radius 2 is 2.03 bits per heavy atom. The van der Waals surface area contributed by atoms with Crippen LogP contribution >= 0.6 is 0 Å². The van der Waals surface area contributed by atoms with Crippen molar-refractivity contribution in [1.82, 2.24) is 9.55 Å². The fraction of sp³-hybridized carbons (Fsp3) is 0.474. The van der Waals surface area contributed by atoms with Crippen molar-refractivity contribution < 1.29 is 31.1 Å². The molecule has 11 heteroatoms. The molecule has 0 N–H and O–H groups in total. The van der Waals surface area contributed by atoms with Crippen LogP contribution in [0.25, 0.3) is 11.1 Å². The van der Waals surface area contributed by atoms with Gasteiger partial charge in [0.25, 0.3) is 5.56 Å². The molecule has 2 heterocycles. The molecule has 0 radical (unpaired) electrons. The largest absolute Gasteiger partial charge is 0.467 e. The summed E-state index contributed by atoms with van der Waals surface area (Å²) in [4.78, 5) is 17.0. The van der Waals surface area contributed by atoms with Crippen molar-refractivity contribution in [1.29, 1.82) is 0 Å². The zero-order chi connectivity index (χ0) is 21.9. The molecular formula is C19H21F3N2O5S. The second-order valence-electron chi connectivity index (χ2n) is 7.15. The maximum atomic E-state index is 13.1. The maximum absolute atomic E-state index is 13.1. The molecule has 1 aliphatic rings. The number of aromatic nitrogens is 2. The van der Waals surface area contributed by atoms with E-state index in [1.807, 2.05) is 0 Å². The van der Waals surface area contributed by atoms with E-state index in [0.717, 1.165) is 18.2 Å². The summed E-state index contributed by atoms with van der Waals surface area (Å²) in [5, 5.41) is 0. The van der Waals surface area contributed by atoms with E-state index in [2.05, 4.69) is 4.98 Å². The summed E-state index contributed by atoms with van der Waals surface area (Å²) in [6.07, 6.45) is -0.835. The van der Waals surface area contributed by atoms with Crippen molar-refractivity contribution >= 4 is 9.84 Å². The lowest BCUT2D eigenvalue weighted by molar-refractivity contribution is -0.137. The van der Waals surface area contributed by atoms with Gasteiger partial charge in [-0.15, -0.1) is 0 Å². The highest BCUT2D eigenvalue weighted by Crippen LogP contribution is 2.36. The Hall–Kier alpha value is -2.40. The van der Waals surface area contributed by atoms with Gasteiger partial charge in [0.1, 0.15) is 5.75 Å². The number of sulfone groups is 1. The Labute approximate surface area is 171 Å². The third kappa shape index (κ3) is 5.20. The van der Waals surface area contributed by atoms with E-state index in [9.17, 15) is 26.4 Å². The van der Waals surface area contributed by atoms with Gasteiger partial charge in [0.05, 0.1) is 29.0 Å². The van der Waals surface area contributed by atoms with Crippen molar-refractivity contribution in [2.45, 2.75) is 25.6 Å². The normalized spacial score (nSPS) is 18.9. The molecule has 1 aromatic carbocycles. The summed E-state index contributed by atoms with van der Waals surface area (Å²) in [6, 6.07) is 2.82. The Balaban J connectivity index is 1.98. The number of ether oxygens (including phenoxy) is 2. The Bertz CT molecular complexity index is 1070. The van der Waals surface area contributed by atoms with Gasteiger partial charge in [-0.1, -0.05) is 0 Å². The number of methoxy groups -OCH3 is 1. The van der Waals surface area contributed by atoms with E-state index in [1.54, 1.807) is 0 Å². The minimum absolute atomic E-state index is 0.00779. The molecule has 30 heavy (non-hydrogen) atoms. The fourth-order valence-electron chi connectivity index (χ4n) is 3.47. The summed E-state index contributed by atoms with van der Waals surface area (Å²) in [5.41, 5.74) is -1.22. The summed E-state index contributed by atoms with van der Waals surface area (Å²) in [5.74, 6) is -0.256. The van der Waals surface area contributed by atoms with Crippen LogP contribution in [0.15, 0.2) is 35.5 Å². The topological polar surface area (TPSA) is 87.5 Å². The molecule has 0 bridgehead atoms. The Morgan fingerprint density at radius 1 is 1.27 bits per heavy atom. The summed E-state index contributed by atoms with van der Waals surface area (Å²) in [7, 11) is -1.82. The number of rotatable bonds is 6. The lowest BCUT2D eigenvalue weighted by atomic mass is 10.0. The zero-order valence-corrected chi connectivity index (χ0v) is 17.0. The second kappa shape index (κ2) is 8.76. The third-order valence-electron chi connectivity index (χ3n) is 4.84. The first kappa shape index (κ1) is 22.3. The number of alkyl halides is 3. The molecular weight excluding hydrogens is 425 g/mol. The monoisotopic (exact) mass is 446 g/mol. The van der Waals surface area contributed by atoms with Crippen LogP contribution in [-0.4, -0.2) is 43.4 Å². The van der Waals surface area contributed by atoms with Gasteiger partial charge in [-0.3, -0.25) is 9.36 Å². The minimum atomic E-state index is -4.58. The van der Waals surface area contributed by atoms with Crippen LogP contribution in [0.4, 0.5) is 13.2 Å². The van der Waals surface area contributed by atoms with Crippen molar-refractivity contribution in [3.8, 4) is 16.9 Å². The molecule has 1 fully saturated rings. The number of nitrogens with zero attached hydrogens (tertiary/aromatic N) is 2. The van der Waals surface area contributed by atoms with Gasteiger partial charge in [0.2, 0.25) is 0 Å². The standard InChI is InChI=1S/C19H21F3N2O5S/c1-28-12-29-17-7-14(19(20,21)22)4-5-15(17)16-8-23-11-24(18(16)25)9-13-3-2-6-30(26,27)10-13/h4-5,7-8,11,13H,2-3,6,9-10,12H2,1H3. The van der Waals surface area contributed by atoms with E-state index in [1.165, 1.54) is 24.2 Å². The average Bonchev–Trinajstić information content (AvgIpc) is 2.66. The number of halogens is 3. The summed E-state index contributed by atoms with van der Waals surface area (Å²) in [6.45, 7) is -0.142. The van der Waals surface area contributed by atoms with Crippen LogP contribution in [0.1, 0.15) is 18.4 Å². The highest BCUT2D eigenvalue weighted by Gasteiger charge is 2.32. The van der Waals surface area contributed by atoms with Gasteiger partial charge in [-0.25, -0.2) is 13.4 Å². The summed E-state index contributed by atoms with van der Waals surface area (Å²) >= 11 is 0. The van der Waals surface area contributed by atoms with Crippen molar-refractivity contribution in [3.63, 3.8) is 0 Å². The van der Waals surface area contributed by atoms with E-state index in [4.69, 9.17) is 9.47 Å². The van der Waals surface area contributed by atoms with Crippen LogP contribution < -0.4 is 10.3 Å². The van der Waals surface area contributed by atoms with Crippen LogP contribution in [0, 0.1) is 5.92 Å². The third-order valence-corrected chi connectivity index (χ3v) is 6.73. The van der Waals surface area contributed by atoms with Crippen LogP contribution in [0.5, 0.6) is 5.75 Å². The quantitative estimate of drug-likeness (QED) is 0.634. The van der Waals surface area contributed by atoms with Gasteiger partial charge in [0.15, 0.2) is 16.6 Å². The van der Waals surface area contributed by atoms with E-state index < -0.39 is 27.1 Å². The lowest BCUT2D eigenvalue weighted by Crippen LogP contribution is -2.32. The average molecular weight is 446 g/mol. The molecule has 0 aliphatic carbocycles. The van der Waals surface area contributed by atoms with Gasteiger partial charge in [0, 0.05) is 25.4 Å². The zero-order valence-electron chi connectivity index (χ0n) is 16.2. The molecule has 3 rings (SSSR count). The number of hydrogen-bond acceptors (Lipinski definition) is 6. The van der Waals surface area contributed by atoms with Crippen molar-refractivity contribution in [3.05, 3.63) is 46.6 Å². The highest BCUT2D eigenvalue weighted by atomic mass is 32.2. The molecule has 1 aromatic heterocycles. The molecule has 0 amide bonds. The molecule has 0 saturated carbocycles. The predicted octanol–water partition coefficient (Wildman–Crippen LogP) is 2.74.